The van der Waals surface area contributed by atoms with E-state index in [0.717, 1.165) is 23.0 Å². The maximum Gasteiger partial charge on any atom is 0.222 e. The highest BCUT2D eigenvalue weighted by Crippen LogP contribution is 2.28. The first-order valence-corrected chi connectivity index (χ1v) is 10.3. The van der Waals surface area contributed by atoms with Crippen LogP contribution in [0.2, 0.25) is 0 Å². The molecule has 1 saturated heterocycles. The van der Waals surface area contributed by atoms with Crippen molar-refractivity contribution in [2.75, 3.05) is 32.1 Å². The summed E-state index contributed by atoms with van der Waals surface area (Å²) in [6.07, 6.45) is 2.96. The zero-order valence-electron chi connectivity index (χ0n) is 15.5. The van der Waals surface area contributed by atoms with E-state index < -0.39 is 0 Å². The first-order valence-electron chi connectivity index (χ1n) is 9.36. The van der Waals surface area contributed by atoms with Gasteiger partial charge in [0.25, 0.3) is 0 Å². The number of ether oxygens (including phenoxy) is 1. The Morgan fingerprint density at radius 2 is 1.89 bits per heavy atom. The second kappa shape index (κ2) is 9.07. The van der Waals surface area contributed by atoms with E-state index >= 15 is 0 Å². The summed E-state index contributed by atoms with van der Waals surface area (Å²) in [7, 11) is 0. The molecule has 0 unspecified atom stereocenters. The van der Waals surface area contributed by atoms with Crippen molar-refractivity contribution < 1.29 is 13.9 Å². The number of carbonyl (C=O) groups is 1. The van der Waals surface area contributed by atoms with E-state index in [1.165, 1.54) is 0 Å². The summed E-state index contributed by atoms with van der Waals surface area (Å²) in [5, 5.41) is 9.48. The predicted octanol–water partition coefficient (Wildman–Crippen LogP) is 3.26. The Morgan fingerprint density at radius 1 is 1.07 bits per heavy atom. The van der Waals surface area contributed by atoms with Crippen molar-refractivity contribution in [1.29, 1.82) is 0 Å². The molecule has 0 aliphatic carbocycles. The fraction of sp³-hybridized carbons (Fsp3) is 0.350. The normalized spacial score (nSPS) is 14.4. The zero-order chi connectivity index (χ0) is 19.2. The van der Waals surface area contributed by atoms with E-state index in [4.69, 9.17) is 9.15 Å². The summed E-state index contributed by atoms with van der Waals surface area (Å²) in [4.78, 5) is 14.2. The molecule has 3 aromatic rings. The summed E-state index contributed by atoms with van der Waals surface area (Å²) in [5.74, 6) is 2.33. The first-order chi connectivity index (χ1) is 13.8. The maximum absolute atomic E-state index is 12.3. The summed E-state index contributed by atoms with van der Waals surface area (Å²) < 4.78 is 12.8. The van der Waals surface area contributed by atoms with Crippen LogP contribution in [0.4, 0.5) is 0 Å². The van der Waals surface area contributed by atoms with Crippen LogP contribution in [0.25, 0.3) is 17.3 Å². The van der Waals surface area contributed by atoms with Gasteiger partial charge in [-0.3, -0.25) is 9.36 Å². The van der Waals surface area contributed by atoms with Crippen LogP contribution in [-0.2, 0) is 9.53 Å². The quantitative estimate of drug-likeness (QED) is 0.449. The van der Waals surface area contributed by atoms with Gasteiger partial charge in [0, 0.05) is 31.0 Å². The van der Waals surface area contributed by atoms with Gasteiger partial charge in [0.05, 0.1) is 19.5 Å². The molecule has 3 heterocycles. The van der Waals surface area contributed by atoms with E-state index in [1.54, 1.807) is 18.0 Å². The molecule has 0 radical (unpaired) electrons. The smallest absolute Gasteiger partial charge is 0.222 e. The minimum Gasteiger partial charge on any atom is -0.461 e. The summed E-state index contributed by atoms with van der Waals surface area (Å²) >= 11 is 1.60. The van der Waals surface area contributed by atoms with Crippen molar-refractivity contribution in [1.82, 2.24) is 19.7 Å². The Balaban J connectivity index is 1.42. The third-order valence-corrected chi connectivity index (χ3v) is 5.53. The van der Waals surface area contributed by atoms with Crippen molar-refractivity contribution in [2.45, 2.75) is 18.0 Å². The van der Waals surface area contributed by atoms with Crippen molar-refractivity contribution in [2.24, 2.45) is 0 Å². The molecule has 1 amide bonds. The lowest BCUT2D eigenvalue weighted by Gasteiger charge is -2.26. The number of morpholine rings is 1. The predicted molar refractivity (Wildman–Crippen MR) is 106 cm³/mol. The van der Waals surface area contributed by atoms with E-state index in [9.17, 15) is 4.79 Å². The van der Waals surface area contributed by atoms with Gasteiger partial charge >= 0.3 is 0 Å². The minimum atomic E-state index is 0.199. The maximum atomic E-state index is 12.3. The van der Waals surface area contributed by atoms with Gasteiger partial charge in [0.1, 0.15) is 0 Å². The van der Waals surface area contributed by atoms with E-state index in [-0.39, 0.29) is 5.91 Å². The van der Waals surface area contributed by atoms with E-state index in [2.05, 4.69) is 10.2 Å². The SMILES string of the molecule is O=C(CCCSc1nnc(-c2ccco2)n1-c1ccccc1)N1CCOCC1. The Bertz CT molecular complexity index is 890. The van der Waals surface area contributed by atoms with Crippen molar-refractivity contribution >= 4 is 17.7 Å². The van der Waals surface area contributed by atoms with Crippen LogP contribution >= 0.6 is 11.8 Å². The number of hydrogen-bond acceptors (Lipinski definition) is 6. The summed E-state index contributed by atoms with van der Waals surface area (Å²) in [6, 6.07) is 13.7. The number of benzene rings is 1. The van der Waals surface area contributed by atoms with Gasteiger partial charge in [-0.2, -0.15) is 0 Å². The Labute approximate surface area is 167 Å². The monoisotopic (exact) mass is 398 g/mol. The standard InChI is InChI=1S/C20H22N4O3S/c25-18(23-10-13-26-14-11-23)9-5-15-28-20-22-21-19(17-8-4-12-27-17)24(20)16-6-2-1-3-7-16/h1-4,6-8,12H,5,9-11,13-15H2. The molecule has 1 aliphatic rings. The van der Waals surface area contributed by atoms with Crippen molar-refractivity contribution in [3.05, 3.63) is 48.7 Å². The molecule has 1 fully saturated rings. The molecule has 8 heteroatoms. The second-order valence-corrected chi connectivity index (χ2v) is 7.46. The minimum absolute atomic E-state index is 0.199. The Kier molecular flexibility index (Phi) is 6.08. The molecule has 0 atom stereocenters. The number of thioether (sulfide) groups is 1. The van der Waals surface area contributed by atoms with Crippen molar-refractivity contribution in [3.8, 4) is 17.3 Å². The molecule has 1 aliphatic heterocycles. The Morgan fingerprint density at radius 3 is 2.64 bits per heavy atom. The molecule has 146 valence electrons. The number of aromatic nitrogens is 3. The molecule has 2 aromatic heterocycles. The number of carbonyl (C=O) groups excluding carboxylic acids is 1. The van der Waals surface area contributed by atoms with Crippen LogP contribution in [-0.4, -0.2) is 57.6 Å². The van der Waals surface area contributed by atoms with E-state index in [0.29, 0.717) is 44.3 Å². The van der Waals surface area contributed by atoms with Crippen LogP contribution in [0.15, 0.2) is 58.3 Å². The largest absolute Gasteiger partial charge is 0.461 e. The third kappa shape index (κ3) is 4.28. The highest BCUT2D eigenvalue weighted by Gasteiger charge is 2.19. The Hall–Kier alpha value is -2.58. The second-order valence-electron chi connectivity index (χ2n) is 6.40. The topological polar surface area (TPSA) is 73.4 Å². The van der Waals surface area contributed by atoms with Crippen molar-refractivity contribution in [3.63, 3.8) is 0 Å². The molecule has 0 saturated carbocycles. The molecule has 1 aromatic carbocycles. The molecule has 0 N–H and O–H groups in total. The number of nitrogens with zero attached hydrogens (tertiary/aromatic N) is 4. The fourth-order valence-electron chi connectivity index (χ4n) is 3.10. The molecular weight excluding hydrogens is 376 g/mol. The van der Waals surface area contributed by atoms with Gasteiger partial charge in [-0.15, -0.1) is 10.2 Å². The summed E-state index contributed by atoms with van der Waals surface area (Å²) in [6.45, 7) is 2.66. The highest BCUT2D eigenvalue weighted by atomic mass is 32.2. The summed E-state index contributed by atoms with van der Waals surface area (Å²) in [5.41, 5.74) is 0.978. The molecular formula is C20H22N4O3S. The van der Waals surface area contributed by atoms with Gasteiger partial charge < -0.3 is 14.1 Å². The van der Waals surface area contributed by atoms with Crippen LogP contribution in [0.1, 0.15) is 12.8 Å². The lowest BCUT2D eigenvalue weighted by molar-refractivity contribution is -0.135. The van der Waals surface area contributed by atoms with Crippen LogP contribution < -0.4 is 0 Å². The van der Waals surface area contributed by atoms with Gasteiger partial charge in [-0.05, 0) is 30.7 Å². The van der Waals surface area contributed by atoms with Gasteiger partial charge in [0.15, 0.2) is 10.9 Å². The number of rotatable bonds is 7. The number of furan rings is 1. The lowest BCUT2D eigenvalue weighted by Crippen LogP contribution is -2.40. The van der Waals surface area contributed by atoms with Crippen LogP contribution in [0, 0.1) is 0 Å². The third-order valence-electron chi connectivity index (χ3n) is 4.52. The lowest BCUT2D eigenvalue weighted by atomic mass is 10.3. The zero-order valence-corrected chi connectivity index (χ0v) is 16.3. The van der Waals surface area contributed by atoms with Crippen LogP contribution in [0.3, 0.4) is 0 Å². The number of amides is 1. The fourth-order valence-corrected chi connectivity index (χ4v) is 3.99. The number of para-hydroxylation sites is 1. The molecule has 4 rings (SSSR count). The van der Waals surface area contributed by atoms with Gasteiger partial charge in [-0.1, -0.05) is 30.0 Å². The molecule has 0 spiro atoms. The molecule has 28 heavy (non-hydrogen) atoms. The van der Waals surface area contributed by atoms with Gasteiger partial charge in [-0.25, -0.2) is 0 Å². The van der Waals surface area contributed by atoms with Crippen LogP contribution in [0.5, 0.6) is 0 Å². The average Bonchev–Trinajstić information content (AvgIpc) is 3.42. The van der Waals surface area contributed by atoms with Gasteiger partial charge in [0.2, 0.25) is 11.7 Å². The number of hydrogen-bond donors (Lipinski definition) is 0. The average molecular weight is 398 g/mol. The molecule has 0 bridgehead atoms. The highest BCUT2D eigenvalue weighted by molar-refractivity contribution is 7.99. The first kappa shape index (κ1) is 18.8. The van der Waals surface area contributed by atoms with E-state index in [1.807, 2.05) is 51.9 Å². The molecule has 7 nitrogen and oxygen atoms in total.